The van der Waals surface area contributed by atoms with Gasteiger partial charge in [-0.2, -0.15) is 0 Å². The lowest BCUT2D eigenvalue weighted by Gasteiger charge is -2.06. The van der Waals surface area contributed by atoms with E-state index in [4.69, 9.17) is 0 Å². The van der Waals surface area contributed by atoms with E-state index in [2.05, 4.69) is 16.9 Å². The standard InChI is InChI=1S/C14H16F5NO/c1-2-3-4-5-6-7-20-21-8-9-10(15)12(17)14(19)13(18)11(9)16/h7H,2-6,8H2,1H3/b20-7+. The van der Waals surface area contributed by atoms with Crippen molar-refractivity contribution >= 4 is 6.21 Å². The molecular weight excluding hydrogens is 293 g/mol. The van der Waals surface area contributed by atoms with Crippen molar-refractivity contribution in [3.8, 4) is 0 Å². The summed E-state index contributed by atoms with van der Waals surface area (Å²) in [4.78, 5) is 4.57. The van der Waals surface area contributed by atoms with E-state index in [1.807, 2.05) is 0 Å². The molecule has 2 nitrogen and oxygen atoms in total. The summed E-state index contributed by atoms with van der Waals surface area (Å²) in [5.41, 5.74) is -1.03. The Balaban J connectivity index is 2.55. The maximum atomic E-state index is 13.3. The third kappa shape index (κ3) is 4.68. The minimum Gasteiger partial charge on any atom is -0.391 e. The van der Waals surface area contributed by atoms with Gasteiger partial charge in [-0.3, -0.25) is 0 Å². The van der Waals surface area contributed by atoms with Gasteiger partial charge in [-0.15, -0.1) is 0 Å². The molecule has 7 heteroatoms. The summed E-state index contributed by atoms with van der Waals surface area (Å²) in [5, 5.41) is 3.43. The van der Waals surface area contributed by atoms with Gasteiger partial charge in [-0.05, 0) is 12.8 Å². The van der Waals surface area contributed by atoms with Crippen LogP contribution >= 0.6 is 0 Å². The Kier molecular flexibility index (Phi) is 7.11. The van der Waals surface area contributed by atoms with Crippen LogP contribution in [0.2, 0.25) is 0 Å². The fraction of sp³-hybridized carbons (Fsp3) is 0.500. The summed E-state index contributed by atoms with van der Waals surface area (Å²) < 4.78 is 65.1. The van der Waals surface area contributed by atoms with Crippen molar-refractivity contribution < 1.29 is 26.8 Å². The van der Waals surface area contributed by atoms with Crippen LogP contribution in [0.4, 0.5) is 22.0 Å². The first-order valence-electron chi connectivity index (χ1n) is 6.64. The van der Waals surface area contributed by atoms with Crippen molar-refractivity contribution in [2.75, 3.05) is 0 Å². The molecule has 0 unspecified atom stereocenters. The molecule has 0 aliphatic rings. The summed E-state index contributed by atoms with van der Waals surface area (Å²) in [6.45, 7) is 1.25. The topological polar surface area (TPSA) is 21.6 Å². The van der Waals surface area contributed by atoms with Gasteiger partial charge in [-0.1, -0.05) is 31.3 Å². The van der Waals surface area contributed by atoms with Gasteiger partial charge in [0.25, 0.3) is 0 Å². The number of nitrogens with zero attached hydrogens (tertiary/aromatic N) is 1. The second-order valence-electron chi connectivity index (χ2n) is 4.46. The van der Waals surface area contributed by atoms with Crippen molar-refractivity contribution in [3.05, 3.63) is 34.6 Å². The van der Waals surface area contributed by atoms with E-state index in [-0.39, 0.29) is 0 Å². The molecule has 1 aromatic carbocycles. The Morgan fingerprint density at radius 2 is 1.43 bits per heavy atom. The number of halogens is 5. The lowest BCUT2D eigenvalue weighted by molar-refractivity contribution is 0.124. The molecule has 1 rings (SSSR count). The molecule has 0 saturated heterocycles. The molecule has 0 bridgehead atoms. The van der Waals surface area contributed by atoms with E-state index >= 15 is 0 Å². The molecular formula is C14H16F5NO. The van der Waals surface area contributed by atoms with Crippen LogP contribution in [0, 0.1) is 29.1 Å². The van der Waals surface area contributed by atoms with E-state index in [0.29, 0.717) is 6.42 Å². The highest BCUT2D eigenvalue weighted by molar-refractivity contribution is 5.56. The molecule has 0 aliphatic heterocycles. The summed E-state index contributed by atoms with van der Waals surface area (Å²) in [6.07, 6.45) is 6.13. The van der Waals surface area contributed by atoms with Crippen LogP contribution in [0.15, 0.2) is 5.16 Å². The number of hydrogen-bond donors (Lipinski definition) is 0. The molecule has 0 radical (unpaired) electrons. The van der Waals surface area contributed by atoms with Gasteiger partial charge < -0.3 is 4.84 Å². The first-order chi connectivity index (χ1) is 10.0. The molecule has 0 N–H and O–H groups in total. The van der Waals surface area contributed by atoms with Crippen LogP contribution < -0.4 is 0 Å². The summed E-state index contributed by atoms with van der Waals surface area (Å²) in [5.74, 6) is -9.96. The number of hydrogen-bond acceptors (Lipinski definition) is 2. The van der Waals surface area contributed by atoms with E-state index in [0.717, 1.165) is 25.7 Å². The van der Waals surface area contributed by atoms with E-state index in [1.54, 1.807) is 0 Å². The highest BCUT2D eigenvalue weighted by Gasteiger charge is 2.25. The minimum absolute atomic E-state index is 0.622. The monoisotopic (exact) mass is 309 g/mol. The van der Waals surface area contributed by atoms with Gasteiger partial charge in [0.1, 0.15) is 6.61 Å². The molecule has 0 aromatic heterocycles. The molecule has 0 amide bonds. The molecule has 118 valence electrons. The van der Waals surface area contributed by atoms with E-state index < -0.39 is 41.3 Å². The Morgan fingerprint density at radius 3 is 2.00 bits per heavy atom. The van der Waals surface area contributed by atoms with Gasteiger partial charge in [0, 0.05) is 6.21 Å². The molecule has 0 spiro atoms. The van der Waals surface area contributed by atoms with Crippen molar-refractivity contribution in [2.45, 2.75) is 45.6 Å². The zero-order chi connectivity index (χ0) is 15.8. The van der Waals surface area contributed by atoms with Crippen LogP contribution in [-0.2, 0) is 11.4 Å². The molecule has 0 saturated carbocycles. The minimum atomic E-state index is -2.19. The maximum Gasteiger partial charge on any atom is 0.200 e. The number of oxime groups is 1. The number of rotatable bonds is 8. The van der Waals surface area contributed by atoms with E-state index in [9.17, 15) is 22.0 Å². The van der Waals surface area contributed by atoms with Crippen molar-refractivity contribution in [1.29, 1.82) is 0 Å². The zero-order valence-electron chi connectivity index (χ0n) is 11.6. The van der Waals surface area contributed by atoms with Gasteiger partial charge in [0.05, 0.1) is 5.56 Å². The molecule has 21 heavy (non-hydrogen) atoms. The molecule has 0 fully saturated rings. The van der Waals surface area contributed by atoms with Gasteiger partial charge >= 0.3 is 0 Å². The second-order valence-corrected chi connectivity index (χ2v) is 4.46. The maximum absolute atomic E-state index is 13.3. The fourth-order valence-corrected chi connectivity index (χ4v) is 1.65. The molecule has 0 atom stereocenters. The van der Waals surface area contributed by atoms with Crippen LogP contribution in [0.1, 0.15) is 44.6 Å². The zero-order valence-corrected chi connectivity index (χ0v) is 11.6. The van der Waals surface area contributed by atoms with Gasteiger partial charge in [-0.25, -0.2) is 22.0 Å². The average molecular weight is 309 g/mol. The Hall–Kier alpha value is -1.66. The predicted molar refractivity (Wildman–Crippen MR) is 68.3 cm³/mol. The third-order valence-electron chi connectivity index (χ3n) is 2.85. The largest absolute Gasteiger partial charge is 0.391 e. The Bertz CT molecular complexity index is 476. The summed E-state index contributed by atoms with van der Waals surface area (Å²) >= 11 is 0. The lowest BCUT2D eigenvalue weighted by Crippen LogP contribution is -2.07. The van der Waals surface area contributed by atoms with E-state index in [1.165, 1.54) is 6.21 Å². The molecule has 1 aromatic rings. The van der Waals surface area contributed by atoms with Crippen LogP contribution in [0.5, 0.6) is 0 Å². The average Bonchev–Trinajstić information content (AvgIpc) is 2.49. The molecule has 0 heterocycles. The highest BCUT2D eigenvalue weighted by atomic mass is 19.2. The third-order valence-corrected chi connectivity index (χ3v) is 2.85. The Labute approximate surface area is 119 Å². The van der Waals surface area contributed by atoms with Crippen molar-refractivity contribution in [2.24, 2.45) is 5.16 Å². The first-order valence-corrected chi connectivity index (χ1v) is 6.64. The smallest absolute Gasteiger partial charge is 0.200 e. The SMILES string of the molecule is CCCCCC/C=N/OCc1c(F)c(F)c(F)c(F)c1F. The highest BCUT2D eigenvalue weighted by Crippen LogP contribution is 2.23. The summed E-state index contributed by atoms with van der Waals surface area (Å²) in [7, 11) is 0. The summed E-state index contributed by atoms with van der Waals surface area (Å²) in [6, 6.07) is 0. The quantitative estimate of drug-likeness (QED) is 0.168. The van der Waals surface area contributed by atoms with Crippen LogP contribution in [0.25, 0.3) is 0 Å². The Morgan fingerprint density at radius 1 is 0.857 bits per heavy atom. The van der Waals surface area contributed by atoms with Crippen LogP contribution in [0.3, 0.4) is 0 Å². The first kappa shape index (κ1) is 17.4. The fourth-order valence-electron chi connectivity index (χ4n) is 1.65. The van der Waals surface area contributed by atoms with Gasteiger partial charge in [0.15, 0.2) is 23.3 Å². The van der Waals surface area contributed by atoms with Crippen molar-refractivity contribution in [1.82, 2.24) is 0 Å². The number of benzene rings is 1. The normalized spacial score (nSPS) is 11.3. The van der Waals surface area contributed by atoms with Crippen molar-refractivity contribution in [3.63, 3.8) is 0 Å². The van der Waals surface area contributed by atoms with Crippen LogP contribution in [-0.4, -0.2) is 6.21 Å². The predicted octanol–water partition coefficient (Wildman–Crippen LogP) is 4.85. The lowest BCUT2D eigenvalue weighted by atomic mass is 10.2. The second kappa shape index (κ2) is 8.59. The molecule has 0 aliphatic carbocycles. The van der Waals surface area contributed by atoms with Gasteiger partial charge in [0.2, 0.25) is 5.82 Å². The number of unbranched alkanes of at least 4 members (excludes halogenated alkanes) is 4.